The Morgan fingerprint density at radius 2 is 1.96 bits per heavy atom. The van der Waals surface area contributed by atoms with E-state index in [4.69, 9.17) is 5.73 Å². The molecule has 0 spiro atoms. The molecule has 1 atom stereocenters. The number of aryl methyl sites for hydroxylation is 2. The van der Waals surface area contributed by atoms with Crippen LogP contribution < -0.4 is 5.73 Å². The Morgan fingerprint density at radius 3 is 2.70 bits per heavy atom. The van der Waals surface area contributed by atoms with Gasteiger partial charge in [-0.25, -0.2) is 0 Å². The highest BCUT2D eigenvalue weighted by atomic mass is 35.5. The third-order valence-electron chi connectivity index (χ3n) is 4.96. The minimum Gasteiger partial charge on any atom is -0.342 e. The number of benzene rings is 1. The largest absolute Gasteiger partial charge is 0.342 e. The van der Waals surface area contributed by atoms with Gasteiger partial charge in [-0.2, -0.15) is 0 Å². The Bertz CT molecular complexity index is 588. The van der Waals surface area contributed by atoms with E-state index >= 15 is 0 Å². The Morgan fingerprint density at radius 1 is 1.17 bits per heavy atom. The molecule has 0 bridgehead atoms. The molecule has 1 heterocycles. The highest BCUT2D eigenvalue weighted by Gasteiger charge is 2.25. The van der Waals surface area contributed by atoms with E-state index in [1.807, 2.05) is 17.0 Å². The minimum atomic E-state index is 0. The van der Waals surface area contributed by atoms with E-state index in [9.17, 15) is 9.59 Å². The van der Waals surface area contributed by atoms with Gasteiger partial charge in [-0.1, -0.05) is 12.1 Å². The van der Waals surface area contributed by atoms with Crippen LogP contribution >= 0.6 is 12.4 Å². The van der Waals surface area contributed by atoms with Crippen molar-refractivity contribution < 1.29 is 9.59 Å². The topological polar surface area (TPSA) is 63.4 Å². The minimum absolute atomic E-state index is 0. The molecule has 1 unspecified atom stereocenters. The molecule has 3 rings (SSSR count). The molecule has 1 aromatic carbocycles. The van der Waals surface area contributed by atoms with Crippen LogP contribution in [-0.4, -0.2) is 36.2 Å². The number of fused-ring (bicyclic) bond motifs is 1. The fourth-order valence-corrected chi connectivity index (χ4v) is 3.52. The van der Waals surface area contributed by atoms with Crippen molar-refractivity contribution >= 4 is 24.1 Å². The zero-order chi connectivity index (χ0) is 15.5. The van der Waals surface area contributed by atoms with Crippen LogP contribution in [0.3, 0.4) is 0 Å². The average Bonchev–Trinajstić information content (AvgIpc) is 3.19. The van der Waals surface area contributed by atoms with Crippen molar-refractivity contribution in [1.82, 2.24) is 4.90 Å². The van der Waals surface area contributed by atoms with Crippen molar-refractivity contribution in [1.29, 1.82) is 0 Å². The number of hydrogen-bond acceptors (Lipinski definition) is 3. The standard InChI is InChI=1S/C18H24N2O2.ClH/c19-11-13-8-9-20(12-13)18(22)7-6-17(21)16-5-4-14-2-1-3-15(14)10-16;/h4-5,10,13H,1-3,6-9,11-12,19H2;1H. The lowest BCUT2D eigenvalue weighted by atomic mass is 10.0. The summed E-state index contributed by atoms with van der Waals surface area (Å²) < 4.78 is 0. The smallest absolute Gasteiger partial charge is 0.223 e. The summed E-state index contributed by atoms with van der Waals surface area (Å²) in [5.41, 5.74) is 9.09. The summed E-state index contributed by atoms with van der Waals surface area (Å²) >= 11 is 0. The monoisotopic (exact) mass is 336 g/mol. The van der Waals surface area contributed by atoms with E-state index in [1.54, 1.807) is 0 Å². The van der Waals surface area contributed by atoms with Gasteiger partial charge < -0.3 is 10.6 Å². The number of likely N-dealkylation sites (tertiary alicyclic amines) is 1. The molecular weight excluding hydrogens is 312 g/mol. The van der Waals surface area contributed by atoms with E-state index in [-0.39, 0.29) is 24.1 Å². The molecule has 4 nitrogen and oxygen atoms in total. The second kappa shape index (κ2) is 7.93. The van der Waals surface area contributed by atoms with Gasteiger partial charge in [0.05, 0.1) is 0 Å². The summed E-state index contributed by atoms with van der Waals surface area (Å²) in [5.74, 6) is 0.597. The molecule has 0 radical (unpaired) electrons. The summed E-state index contributed by atoms with van der Waals surface area (Å²) in [5, 5.41) is 0. The van der Waals surface area contributed by atoms with E-state index in [1.165, 1.54) is 17.5 Å². The first-order chi connectivity index (χ1) is 10.7. The first-order valence-electron chi connectivity index (χ1n) is 8.30. The van der Waals surface area contributed by atoms with E-state index in [0.717, 1.165) is 37.9 Å². The Kier molecular flexibility index (Phi) is 6.19. The van der Waals surface area contributed by atoms with Gasteiger partial charge in [0, 0.05) is 31.5 Å². The predicted octanol–water partition coefficient (Wildman–Crippen LogP) is 2.37. The normalized spacial score (nSPS) is 19.3. The molecule has 1 aliphatic heterocycles. The molecule has 1 aromatic rings. The summed E-state index contributed by atoms with van der Waals surface area (Å²) in [4.78, 5) is 26.3. The average molecular weight is 337 g/mol. The zero-order valence-corrected chi connectivity index (χ0v) is 14.2. The molecule has 5 heteroatoms. The lowest BCUT2D eigenvalue weighted by Crippen LogP contribution is -2.30. The van der Waals surface area contributed by atoms with Crippen LogP contribution in [0.5, 0.6) is 0 Å². The van der Waals surface area contributed by atoms with Crippen molar-refractivity contribution in [2.24, 2.45) is 11.7 Å². The van der Waals surface area contributed by atoms with Gasteiger partial charge in [-0.3, -0.25) is 9.59 Å². The number of rotatable bonds is 5. The van der Waals surface area contributed by atoms with Crippen molar-refractivity contribution in [3.05, 3.63) is 34.9 Å². The van der Waals surface area contributed by atoms with E-state index < -0.39 is 0 Å². The summed E-state index contributed by atoms with van der Waals surface area (Å²) in [6.07, 6.45) is 4.99. The van der Waals surface area contributed by atoms with Crippen LogP contribution in [0.4, 0.5) is 0 Å². The molecule has 1 fully saturated rings. The van der Waals surface area contributed by atoms with Crippen molar-refractivity contribution in [3.8, 4) is 0 Å². The van der Waals surface area contributed by atoms with Crippen LogP contribution in [0.15, 0.2) is 18.2 Å². The maximum Gasteiger partial charge on any atom is 0.223 e. The second-order valence-corrected chi connectivity index (χ2v) is 6.49. The third-order valence-corrected chi connectivity index (χ3v) is 4.96. The number of nitrogens with two attached hydrogens (primary N) is 1. The maximum atomic E-state index is 12.3. The number of carbonyl (C=O) groups is 2. The summed E-state index contributed by atoms with van der Waals surface area (Å²) in [6.45, 7) is 2.17. The zero-order valence-electron chi connectivity index (χ0n) is 13.4. The maximum absolute atomic E-state index is 12.3. The molecule has 1 aliphatic carbocycles. The molecular formula is C18H25ClN2O2. The molecule has 2 N–H and O–H groups in total. The van der Waals surface area contributed by atoms with Crippen molar-refractivity contribution in [2.75, 3.05) is 19.6 Å². The van der Waals surface area contributed by atoms with Crippen LogP contribution in [0.2, 0.25) is 0 Å². The lowest BCUT2D eigenvalue weighted by molar-refractivity contribution is -0.130. The SMILES string of the molecule is Cl.NCC1CCN(C(=O)CCC(=O)c2ccc3c(c2)CCC3)C1. The number of halogens is 1. The van der Waals surface area contributed by atoms with Gasteiger partial charge in [-0.05, 0) is 55.3 Å². The van der Waals surface area contributed by atoms with Crippen LogP contribution in [0.25, 0.3) is 0 Å². The van der Waals surface area contributed by atoms with Crippen LogP contribution in [0.1, 0.15) is 47.2 Å². The van der Waals surface area contributed by atoms with Gasteiger partial charge in [0.2, 0.25) is 5.91 Å². The number of ketones is 1. The van der Waals surface area contributed by atoms with E-state index in [2.05, 4.69) is 6.07 Å². The highest BCUT2D eigenvalue weighted by molar-refractivity contribution is 5.98. The molecule has 1 saturated heterocycles. The van der Waals surface area contributed by atoms with Crippen molar-refractivity contribution in [3.63, 3.8) is 0 Å². The van der Waals surface area contributed by atoms with Gasteiger partial charge in [0.15, 0.2) is 5.78 Å². The number of Topliss-reactive ketones (excluding diaryl/α,β-unsaturated/α-hetero) is 1. The quantitative estimate of drug-likeness (QED) is 0.840. The van der Waals surface area contributed by atoms with Gasteiger partial charge in [0.1, 0.15) is 0 Å². The number of nitrogens with zero attached hydrogens (tertiary/aromatic N) is 1. The first kappa shape index (κ1) is 18.0. The summed E-state index contributed by atoms with van der Waals surface area (Å²) in [6, 6.07) is 6.01. The fourth-order valence-electron chi connectivity index (χ4n) is 3.52. The van der Waals surface area contributed by atoms with Gasteiger partial charge in [0.25, 0.3) is 0 Å². The number of carbonyl (C=O) groups excluding carboxylic acids is 2. The van der Waals surface area contributed by atoms with Crippen molar-refractivity contribution in [2.45, 2.75) is 38.5 Å². The predicted molar refractivity (Wildman–Crippen MR) is 93.0 cm³/mol. The fraction of sp³-hybridized carbons (Fsp3) is 0.556. The van der Waals surface area contributed by atoms with E-state index in [0.29, 0.717) is 25.3 Å². The lowest BCUT2D eigenvalue weighted by Gasteiger charge is -2.16. The molecule has 126 valence electrons. The van der Waals surface area contributed by atoms with Gasteiger partial charge in [-0.15, -0.1) is 12.4 Å². The van der Waals surface area contributed by atoms with Crippen LogP contribution in [0, 0.1) is 5.92 Å². The molecule has 2 aliphatic rings. The molecule has 23 heavy (non-hydrogen) atoms. The Balaban J connectivity index is 0.00000192. The van der Waals surface area contributed by atoms with Gasteiger partial charge >= 0.3 is 0 Å². The highest BCUT2D eigenvalue weighted by Crippen LogP contribution is 2.23. The Hall–Kier alpha value is -1.39. The third kappa shape index (κ3) is 4.12. The number of amides is 1. The van der Waals surface area contributed by atoms with Crippen LogP contribution in [-0.2, 0) is 17.6 Å². The summed E-state index contributed by atoms with van der Waals surface area (Å²) in [7, 11) is 0. The first-order valence-corrected chi connectivity index (χ1v) is 8.30. The molecule has 0 aromatic heterocycles. The molecule has 1 amide bonds. The number of hydrogen-bond donors (Lipinski definition) is 1. The Labute approximate surface area is 143 Å². The molecule has 0 saturated carbocycles. The second-order valence-electron chi connectivity index (χ2n) is 6.49.